The molecule has 0 atom stereocenters. The highest BCUT2D eigenvalue weighted by molar-refractivity contribution is 6.99. The second-order valence-corrected chi connectivity index (χ2v) is 24.2. The Kier molecular flexibility index (Phi) is 9.49. The molecule has 0 saturated heterocycles. The van der Waals surface area contributed by atoms with Gasteiger partial charge >= 0.3 is 5.69 Å². The summed E-state index contributed by atoms with van der Waals surface area (Å²) in [6.45, 7) is 14.7. The molecule has 0 bridgehead atoms. The van der Waals surface area contributed by atoms with Crippen molar-refractivity contribution in [1.82, 2.24) is 19.1 Å². The molecule has 1 saturated carbocycles. The second-order valence-electron chi connectivity index (χ2n) is 14.0. The van der Waals surface area contributed by atoms with Gasteiger partial charge in [0.25, 0.3) is 8.32 Å². The Morgan fingerprint density at radius 3 is 2.05 bits per heavy atom. The molecular formula is C33H45ClN4O3Si2. The van der Waals surface area contributed by atoms with Gasteiger partial charge in [0, 0.05) is 26.8 Å². The largest absolute Gasteiger partial charge is 0.404 e. The van der Waals surface area contributed by atoms with Crippen molar-refractivity contribution in [2.75, 3.05) is 6.61 Å². The molecule has 43 heavy (non-hydrogen) atoms. The minimum atomic E-state index is -2.65. The summed E-state index contributed by atoms with van der Waals surface area (Å²) in [7, 11) is -3.89. The Hall–Kier alpha value is -2.57. The summed E-state index contributed by atoms with van der Waals surface area (Å²) in [5, 5.41) is 2.63. The Morgan fingerprint density at radius 2 is 1.51 bits per heavy atom. The summed E-state index contributed by atoms with van der Waals surface area (Å²) in [5.74, 6) is 0. The molecule has 7 nitrogen and oxygen atoms in total. The third kappa shape index (κ3) is 6.76. The molecule has 4 aromatic rings. The van der Waals surface area contributed by atoms with Crippen LogP contribution in [0.25, 0.3) is 11.2 Å². The van der Waals surface area contributed by atoms with E-state index in [4.69, 9.17) is 20.8 Å². The first-order valence-corrected chi connectivity index (χ1v) is 21.4. The highest BCUT2D eigenvalue weighted by atomic mass is 35.5. The second kappa shape index (κ2) is 12.8. The molecule has 2 heterocycles. The molecule has 1 fully saturated rings. The minimum absolute atomic E-state index is 0.00297. The highest BCUT2D eigenvalue weighted by Crippen LogP contribution is 2.40. The van der Waals surface area contributed by atoms with Crippen molar-refractivity contribution in [2.45, 2.75) is 96.1 Å². The van der Waals surface area contributed by atoms with E-state index in [1.165, 1.54) is 10.4 Å². The summed E-state index contributed by atoms with van der Waals surface area (Å²) >= 11 is 6.23. The molecule has 10 heteroatoms. The van der Waals surface area contributed by atoms with Crippen LogP contribution in [0.15, 0.2) is 71.7 Å². The van der Waals surface area contributed by atoms with Crippen LogP contribution in [0.5, 0.6) is 0 Å². The van der Waals surface area contributed by atoms with E-state index in [0.717, 1.165) is 31.7 Å². The van der Waals surface area contributed by atoms with Crippen LogP contribution < -0.4 is 16.1 Å². The topological polar surface area (TPSA) is 71.2 Å². The maximum absolute atomic E-state index is 13.8. The quantitative estimate of drug-likeness (QED) is 0.111. The first-order valence-electron chi connectivity index (χ1n) is 15.4. The van der Waals surface area contributed by atoms with Crippen LogP contribution in [0.4, 0.5) is 0 Å². The molecule has 5 rings (SSSR count). The minimum Gasteiger partial charge on any atom is -0.404 e. The van der Waals surface area contributed by atoms with Crippen molar-refractivity contribution < 1.29 is 9.16 Å². The third-order valence-electron chi connectivity index (χ3n) is 8.66. The molecule has 230 valence electrons. The average molecular weight is 637 g/mol. The van der Waals surface area contributed by atoms with Gasteiger partial charge in [-0.1, -0.05) is 101 Å². The number of ether oxygens (including phenoxy) is 1. The van der Waals surface area contributed by atoms with E-state index in [0.29, 0.717) is 17.8 Å². The van der Waals surface area contributed by atoms with Crippen molar-refractivity contribution in [2.24, 2.45) is 0 Å². The van der Waals surface area contributed by atoms with Gasteiger partial charge in [0.2, 0.25) is 5.28 Å². The predicted octanol–water partition coefficient (Wildman–Crippen LogP) is 6.62. The van der Waals surface area contributed by atoms with E-state index in [1.807, 2.05) is 4.57 Å². The number of hydrogen-bond donors (Lipinski definition) is 0. The SMILES string of the molecule is CC(C)(C)[Si](OC1CCC(n2c(=O)n(COCC[Si](C)(C)C)c3cnc(Cl)nc32)CC1)(c1ccccc1)c1ccccc1. The number of nitrogens with zero attached hydrogens (tertiary/aromatic N) is 4. The monoisotopic (exact) mass is 636 g/mol. The summed E-state index contributed by atoms with van der Waals surface area (Å²) in [4.78, 5) is 22.5. The van der Waals surface area contributed by atoms with Crippen LogP contribution in [-0.4, -0.2) is 48.2 Å². The van der Waals surface area contributed by atoms with E-state index in [1.54, 1.807) is 10.8 Å². The molecule has 0 radical (unpaired) electrons. The lowest BCUT2D eigenvalue weighted by molar-refractivity contribution is 0.0858. The fourth-order valence-corrected chi connectivity index (χ4v) is 12.0. The van der Waals surface area contributed by atoms with E-state index in [-0.39, 0.29) is 34.9 Å². The molecule has 0 N–H and O–H groups in total. The van der Waals surface area contributed by atoms with Crippen molar-refractivity contribution in [3.05, 3.63) is 82.6 Å². The zero-order chi connectivity index (χ0) is 30.8. The Morgan fingerprint density at radius 1 is 0.930 bits per heavy atom. The zero-order valence-electron chi connectivity index (χ0n) is 26.3. The first-order chi connectivity index (χ1) is 20.4. The number of halogens is 1. The van der Waals surface area contributed by atoms with Crippen LogP contribution in [0.3, 0.4) is 0 Å². The Labute approximate surface area is 262 Å². The molecule has 1 aliphatic carbocycles. The van der Waals surface area contributed by atoms with Crippen LogP contribution in [0, 0.1) is 0 Å². The van der Waals surface area contributed by atoms with Gasteiger partial charge in [0.05, 0.1) is 6.20 Å². The number of fused-ring (bicyclic) bond motifs is 1. The molecule has 0 spiro atoms. The molecular weight excluding hydrogens is 592 g/mol. The normalized spacial score (nSPS) is 18.3. The van der Waals surface area contributed by atoms with E-state index < -0.39 is 16.4 Å². The van der Waals surface area contributed by atoms with Crippen LogP contribution >= 0.6 is 11.6 Å². The van der Waals surface area contributed by atoms with Gasteiger partial charge in [-0.2, -0.15) is 4.98 Å². The highest BCUT2D eigenvalue weighted by Gasteiger charge is 2.51. The molecule has 0 aliphatic heterocycles. The summed E-state index contributed by atoms with van der Waals surface area (Å²) in [5.41, 5.74) is 1.12. The van der Waals surface area contributed by atoms with Gasteiger partial charge in [-0.25, -0.2) is 9.78 Å². The predicted molar refractivity (Wildman–Crippen MR) is 181 cm³/mol. The lowest BCUT2D eigenvalue weighted by Gasteiger charge is -2.46. The zero-order valence-corrected chi connectivity index (χ0v) is 29.1. The fourth-order valence-electron chi connectivity index (χ4n) is 6.39. The van der Waals surface area contributed by atoms with Gasteiger partial charge < -0.3 is 9.16 Å². The molecule has 0 unspecified atom stereocenters. The number of aromatic nitrogens is 4. The van der Waals surface area contributed by atoms with Crippen LogP contribution in [0.1, 0.15) is 52.5 Å². The standard InChI is InChI=1S/C33H45ClN4O3Si2/c1-33(2,3)43(27-13-9-7-10-14-27,28-15-11-8-12-16-28)41-26-19-17-25(18-20-26)38-30-29(23-35-31(34)36-30)37(32(38)39)24-40-21-22-42(4,5)6/h7-16,23,25-26H,17-22,24H2,1-6H3. The van der Waals surface area contributed by atoms with Crippen LogP contribution in [-0.2, 0) is 15.9 Å². The molecule has 0 amide bonds. The fraction of sp³-hybridized carbons (Fsp3) is 0.485. The lowest BCUT2D eigenvalue weighted by atomic mass is 9.93. The first kappa shape index (κ1) is 31.8. The number of benzene rings is 2. The lowest BCUT2D eigenvalue weighted by Crippen LogP contribution is -2.67. The van der Waals surface area contributed by atoms with Crippen molar-refractivity contribution in [3.63, 3.8) is 0 Å². The average Bonchev–Trinajstić information content (AvgIpc) is 3.24. The maximum atomic E-state index is 13.8. The summed E-state index contributed by atoms with van der Waals surface area (Å²) < 4.78 is 16.9. The van der Waals surface area contributed by atoms with E-state index in [2.05, 4.69) is 111 Å². The van der Waals surface area contributed by atoms with Crippen LogP contribution in [0.2, 0.25) is 36.0 Å². The molecule has 1 aliphatic rings. The number of rotatable bonds is 10. The maximum Gasteiger partial charge on any atom is 0.332 e. The van der Waals surface area contributed by atoms with Crippen molar-refractivity contribution in [1.29, 1.82) is 0 Å². The van der Waals surface area contributed by atoms with E-state index in [9.17, 15) is 4.79 Å². The Balaban J connectivity index is 1.41. The van der Waals surface area contributed by atoms with Crippen molar-refractivity contribution >= 4 is 49.5 Å². The number of imidazole rings is 1. The van der Waals surface area contributed by atoms with Gasteiger partial charge in [-0.05, 0) is 58.7 Å². The van der Waals surface area contributed by atoms with Gasteiger partial charge in [0.15, 0.2) is 5.65 Å². The third-order valence-corrected chi connectivity index (χ3v) is 15.6. The van der Waals surface area contributed by atoms with Gasteiger partial charge in [0.1, 0.15) is 12.2 Å². The van der Waals surface area contributed by atoms with Gasteiger partial charge in [-0.3, -0.25) is 9.13 Å². The van der Waals surface area contributed by atoms with E-state index >= 15 is 0 Å². The smallest absolute Gasteiger partial charge is 0.332 e. The Bertz CT molecular complexity index is 1530. The molecule has 2 aromatic carbocycles. The van der Waals surface area contributed by atoms with Gasteiger partial charge in [-0.15, -0.1) is 0 Å². The molecule has 2 aromatic heterocycles. The van der Waals surface area contributed by atoms with Crippen molar-refractivity contribution in [3.8, 4) is 0 Å². The summed E-state index contributed by atoms with van der Waals surface area (Å²) in [6.07, 6.45) is 5.09. The number of hydrogen-bond acceptors (Lipinski definition) is 5. The summed E-state index contributed by atoms with van der Waals surface area (Å²) in [6, 6.07) is 22.6.